The maximum atomic E-state index is 12.2. The number of amides is 2. The summed E-state index contributed by atoms with van der Waals surface area (Å²) in [6, 6.07) is 13.1. The molecular formula is C19H19N3O4. The van der Waals surface area contributed by atoms with E-state index in [0.717, 1.165) is 24.1 Å². The molecule has 7 nitrogen and oxygen atoms in total. The van der Waals surface area contributed by atoms with Crippen LogP contribution in [0.2, 0.25) is 0 Å². The first-order valence-corrected chi connectivity index (χ1v) is 8.46. The highest BCUT2D eigenvalue weighted by Crippen LogP contribution is 2.22. The zero-order valence-corrected chi connectivity index (χ0v) is 14.2. The summed E-state index contributed by atoms with van der Waals surface area (Å²) in [7, 11) is 0. The van der Waals surface area contributed by atoms with Crippen LogP contribution < -0.4 is 10.2 Å². The number of benzene rings is 2. The highest BCUT2D eigenvalue weighted by Gasteiger charge is 2.19. The van der Waals surface area contributed by atoms with Gasteiger partial charge < -0.3 is 10.2 Å². The highest BCUT2D eigenvalue weighted by molar-refractivity contribution is 5.95. The summed E-state index contributed by atoms with van der Waals surface area (Å²) in [4.78, 5) is 36.3. The van der Waals surface area contributed by atoms with Gasteiger partial charge in [0.25, 0.3) is 11.6 Å². The van der Waals surface area contributed by atoms with E-state index in [1.54, 1.807) is 4.90 Å². The van der Waals surface area contributed by atoms with Gasteiger partial charge in [0.15, 0.2) is 0 Å². The van der Waals surface area contributed by atoms with E-state index in [4.69, 9.17) is 0 Å². The van der Waals surface area contributed by atoms with Crippen molar-refractivity contribution in [3.05, 3.63) is 69.8 Å². The van der Waals surface area contributed by atoms with Crippen molar-refractivity contribution >= 4 is 23.2 Å². The lowest BCUT2D eigenvalue weighted by atomic mass is 10.1. The average molecular weight is 353 g/mol. The second-order valence-electron chi connectivity index (χ2n) is 6.16. The lowest BCUT2D eigenvalue weighted by Gasteiger charge is -2.27. The zero-order valence-electron chi connectivity index (χ0n) is 14.2. The Hall–Kier alpha value is -3.22. The first kappa shape index (κ1) is 17.6. The number of rotatable bonds is 5. The molecule has 2 aromatic carbocycles. The van der Waals surface area contributed by atoms with Gasteiger partial charge in [0.2, 0.25) is 5.91 Å². The maximum Gasteiger partial charge on any atom is 0.270 e. The third-order valence-electron chi connectivity index (χ3n) is 4.32. The van der Waals surface area contributed by atoms with E-state index in [1.165, 1.54) is 24.3 Å². The predicted octanol–water partition coefficient (Wildman–Crippen LogP) is 3.04. The summed E-state index contributed by atoms with van der Waals surface area (Å²) >= 11 is 0. The number of hydrogen-bond acceptors (Lipinski definition) is 4. The molecule has 3 rings (SSSR count). The van der Waals surface area contributed by atoms with Crippen LogP contribution >= 0.6 is 0 Å². The van der Waals surface area contributed by atoms with Gasteiger partial charge in [-0.1, -0.05) is 18.2 Å². The van der Waals surface area contributed by atoms with Gasteiger partial charge in [-0.3, -0.25) is 19.7 Å². The number of nitrogens with zero attached hydrogens (tertiary/aromatic N) is 2. The van der Waals surface area contributed by atoms with E-state index in [-0.39, 0.29) is 29.6 Å². The van der Waals surface area contributed by atoms with Crippen molar-refractivity contribution in [1.82, 2.24) is 5.32 Å². The molecule has 0 saturated carbocycles. The van der Waals surface area contributed by atoms with E-state index in [9.17, 15) is 19.7 Å². The normalized spacial score (nSPS) is 14.2. The number of carbonyl (C=O) groups is 2. The Labute approximate surface area is 150 Å². The quantitative estimate of drug-likeness (QED) is 0.660. The molecule has 1 fully saturated rings. The average Bonchev–Trinajstić information content (AvgIpc) is 2.67. The molecule has 2 aromatic rings. The van der Waals surface area contributed by atoms with Gasteiger partial charge in [0.05, 0.1) is 4.92 Å². The van der Waals surface area contributed by atoms with Crippen LogP contribution in [0.5, 0.6) is 0 Å². The summed E-state index contributed by atoms with van der Waals surface area (Å²) in [5, 5.41) is 13.6. The standard InChI is InChI=1S/C19H19N3O4/c23-18-9-1-2-10-21(18)16-7-3-5-14(11-16)13-20-19(24)15-6-4-8-17(12-15)22(25)26/h3-8,11-12H,1-2,9-10,13H2,(H,20,24). The van der Waals surface area contributed by atoms with Crippen LogP contribution in [-0.2, 0) is 11.3 Å². The molecule has 0 bridgehead atoms. The third kappa shape index (κ3) is 4.05. The van der Waals surface area contributed by atoms with E-state index in [0.29, 0.717) is 13.0 Å². The molecule has 0 aromatic heterocycles. The monoisotopic (exact) mass is 353 g/mol. The number of nitrogens with one attached hydrogen (secondary N) is 1. The minimum absolute atomic E-state index is 0.119. The van der Waals surface area contributed by atoms with E-state index < -0.39 is 4.92 Å². The molecule has 2 amide bonds. The molecule has 0 unspecified atom stereocenters. The van der Waals surface area contributed by atoms with Crippen molar-refractivity contribution < 1.29 is 14.5 Å². The molecule has 1 N–H and O–H groups in total. The molecule has 26 heavy (non-hydrogen) atoms. The topological polar surface area (TPSA) is 92.6 Å². The van der Waals surface area contributed by atoms with E-state index in [1.807, 2.05) is 24.3 Å². The molecule has 0 atom stereocenters. The smallest absolute Gasteiger partial charge is 0.270 e. The van der Waals surface area contributed by atoms with Crippen LogP contribution in [-0.4, -0.2) is 23.3 Å². The minimum atomic E-state index is -0.532. The molecule has 0 radical (unpaired) electrons. The summed E-state index contributed by atoms with van der Waals surface area (Å²) in [6.45, 7) is 0.986. The SMILES string of the molecule is O=C(NCc1cccc(N2CCCCC2=O)c1)c1cccc([N+](=O)[O-])c1. The van der Waals surface area contributed by atoms with Crippen molar-refractivity contribution in [2.75, 3.05) is 11.4 Å². The molecule has 7 heteroatoms. The van der Waals surface area contributed by atoms with Gasteiger partial charge in [-0.15, -0.1) is 0 Å². The summed E-state index contributed by atoms with van der Waals surface area (Å²) in [5.74, 6) is -0.262. The molecule has 0 spiro atoms. The Morgan fingerprint density at radius 1 is 1.15 bits per heavy atom. The van der Waals surface area contributed by atoms with Gasteiger partial charge in [-0.05, 0) is 36.6 Å². The van der Waals surface area contributed by atoms with Gasteiger partial charge in [-0.2, -0.15) is 0 Å². The van der Waals surface area contributed by atoms with E-state index >= 15 is 0 Å². The molecule has 1 aliphatic heterocycles. The first-order valence-electron chi connectivity index (χ1n) is 8.46. The summed E-state index contributed by atoms with van der Waals surface area (Å²) < 4.78 is 0. The van der Waals surface area contributed by atoms with Crippen LogP contribution in [0.25, 0.3) is 0 Å². The Morgan fingerprint density at radius 2 is 1.96 bits per heavy atom. The van der Waals surface area contributed by atoms with Crippen LogP contribution in [0, 0.1) is 10.1 Å². The number of anilines is 1. The minimum Gasteiger partial charge on any atom is -0.348 e. The second kappa shape index (κ2) is 7.77. The zero-order chi connectivity index (χ0) is 18.5. The molecule has 134 valence electrons. The van der Waals surface area contributed by atoms with Crippen molar-refractivity contribution in [3.8, 4) is 0 Å². The molecule has 0 aliphatic carbocycles. The second-order valence-corrected chi connectivity index (χ2v) is 6.16. The van der Waals surface area contributed by atoms with Crippen LogP contribution in [0.1, 0.15) is 35.2 Å². The van der Waals surface area contributed by atoms with Crippen LogP contribution in [0.4, 0.5) is 11.4 Å². The fourth-order valence-corrected chi connectivity index (χ4v) is 2.96. The van der Waals surface area contributed by atoms with Gasteiger partial charge in [-0.25, -0.2) is 0 Å². The van der Waals surface area contributed by atoms with E-state index in [2.05, 4.69) is 5.32 Å². The Bertz CT molecular complexity index is 850. The van der Waals surface area contributed by atoms with Crippen LogP contribution in [0.3, 0.4) is 0 Å². The van der Waals surface area contributed by atoms with Crippen LogP contribution in [0.15, 0.2) is 48.5 Å². The molecule has 1 heterocycles. The largest absolute Gasteiger partial charge is 0.348 e. The number of nitro groups is 1. The van der Waals surface area contributed by atoms with Crippen molar-refractivity contribution in [2.24, 2.45) is 0 Å². The Balaban J connectivity index is 1.67. The predicted molar refractivity (Wildman–Crippen MR) is 96.9 cm³/mol. The lowest BCUT2D eigenvalue weighted by molar-refractivity contribution is -0.384. The first-order chi connectivity index (χ1) is 12.5. The molecule has 1 aliphatic rings. The summed E-state index contributed by atoms with van der Waals surface area (Å²) in [6.07, 6.45) is 2.47. The lowest BCUT2D eigenvalue weighted by Crippen LogP contribution is -2.35. The number of hydrogen-bond donors (Lipinski definition) is 1. The molecular weight excluding hydrogens is 334 g/mol. The van der Waals surface area contributed by atoms with Gasteiger partial charge >= 0.3 is 0 Å². The number of non-ortho nitro benzene ring substituents is 1. The van der Waals surface area contributed by atoms with Crippen molar-refractivity contribution in [3.63, 3.8) is 0 Å². The fraction of sp³-hybridized carbons (Fsp3) is 0.263. The van der Waals surface area contributed by atoms with Crippen molar-refractivity contribution in [1.29, 1.82) is 0 Å². The molecule has 1 saturated heterocycles. The maximum absolute atomic E-state index is 12.2. The number of piperidine rings is 1. The third-order valence-corrected chi connectivity index (χ3v) is 4.32. The summed E-state index contributed by atoms with van der Waals surface area (Å²) in [5.41, 5.74) is 1.81. The van der Waals surface area contributed by atoms with Gasteiger partial charge in [0, 0.05) is 42.9 Å². The number of carbonyl (C=O) groups excluding carboxylic acids is 2. The fourth-order valence-electron chi connectivity index (χ4n) is 2.96. The Morgan fingerprint density at radius 3 is 2.73 bits per heavy atom. The highest BCUT2D eigenvalue weighted by atomic mass is 16.6. The number of nitro benzene ring substituents is 1. The van der Waals surface area contributed by atoms with Crippen molar-refractivity contribution in [2.45, 2.75) is 25.8 Å². The van der Waals surface area contributed by atoms with Gasteiger partial charge in [0.1, 0.15) is 0 Å². The Kier molecular flexibility index (Phi) is 5.26.